The van der Waals surface area contributed by atoms with Crippen LogP contribution in [-0.4, -0.2) is 35.0 Å². The smallest absolute Gasteiger partial charge is 0.254 e. The number of amides is 1. The van der Waals surface area contributed by atoms with Gasteiger partial charge in [0.2, 0.25) is 0 Å². The molecule has 1 fully saturated rings. The van der Waals surface area contributed by atoms with E-state index in [9.17, 15) is 9.90 Å². The lowest BCUT2D eigenvalue weighted by Crippen LogP contribution is -2.31. The molecule has 0 bridgehead atoms. The second-order valence-electron chi connectivity index (χ2n) is 3.97. The maximum absolute atomic E-state index is 12.0. The standard InChI is InChI=1S/C11H13IN2O2/c12-9-2-1-7(5-10(9)15)11(16)14-4-3-8(13)6-14/h1-2,5,8,15H,3-4,6,13H2. The highest BCUT2D eigenvalue weighted by Crippen LogP contribution is 2.22. The molecule has 2 rings (SSSR count). The molecule has 0 aliphatic carbocycles. The highest BCUT2D eigenvalue weighted by atomic mass is 127. The maximum atomic E-state index is 12.0. The normalized spacial score (nSPS) is 20.1. The molecule has 1 amide bonds. The third-order valence-corrected chi connectivity index (χ3v) is 3.62. The van der Waals surface area contributed by atoms with Gasteiger partial charge in [0.1, 0.15) is 5.75 Å². The minimum absolute atomic E-state index is 0.0559. The summed E-state index contributed by atoms with van der Waals surface area (Å²) in [6.07, 6.45) is 0.849. The zero-order chi connectivity index (χ0) is 11.7. The van der Waals surface area contributed by atoms with E-state index in [2.05, 4.69) is 0 Å². The second-order valence-corrected chi connectivity index (χ2v) is 5.13. The first kappa shape index (κ1) is 11.7. The first-order valence-corrected chi connectivity index (χ1v) is 6.19. The summed E-state index contributed by atoms with van der Waals surface area (Å²) in [7, 11) is 0. The number of carbonyl (C=O) groups is 1. The molecule has 1 saturated heterocycles. The molecule has 1 atom stereocenters. The highest BCUT2D eigenvalue weighted by Gasteiger charge is 2.24. The number of carbonyl (C=O) groups excluding carboxylic acids is 1. The van der Waals surface area contributed by atoms with Crippen LogP contribution >= 0.6 is 22.6 Å². The number of rotatable bonds is 1. The van der Waals surface area contributed by atoms with Crippen LogP contribution in [0.5, 0.6) is 5.75 Å². The molecule has 1 aromatic carbocycles. The van der Waals surface area contributed by atoms with E-state index in [0.29, 0.717) is 18.7 Å². The average Bonchev–Trinajstić information content (AvgIpc) is 2.68. The van der Waals surface area contributed by atoms with Gasteiger partial charge in [-0.2, -0.15) is 0 Å². The number of hydrogen-bond donors (Lipinski definition) is 2. The number of aromatic hydroxyl groups is 1. The van der Waals surface area contributed by atoms with Gasteiger partial charge >= 0.3 is 0 Å². The van der Waals surface area contributed by atoms with Gasteiger partial charge in [-0.25, -0.2) is 0 Å². The van der Waals surface area contributed by atoms with Gasteiger partial charge in [0.15, 0.2) is 0 Å². The van der Waals surface area contributed by atoms with Crippen molar-refractivity contribution in [1.29, 1.82) is 0 Å². The van der Waals surface area contributed by atoms with Crippen molar-refractivity contribution in [3.05, 3.63) is 27.3 Å². The summed E-state index contributed by atoms with van der Waals surface area (Å²) < 4.78 is 0.743. The molecule has 0 spiro atoms. The number of likely N-dealkylation sites (tertiary alicyclic amines) is 1. The number of halogens is 1. The van der Waals surface area contributed by atoms with E-state index in [4.69, 9.17) is 5.73 Å². The Bertz CT molecular complexity index is 422. The monoisotopic (exact) mass is 332 g/mol. The van der Waals surface area contributed by atoms with Crippen molar-refractivity contribution in [3.63, 3.8) is 0 Å². The summed E-state index contributed by atoms with van der Waals surface area (Å²) in [5, 5.41) is 9.54. The molecule has 5 heteroatoms. The molecular weight excluding hydrogens is 319 g/mol. The van der Waals surface area contributed by atoms with Crippen LogP contribution in [0.25, 0.3) is 0 Å². The van der Waals surface area contributed by atoms with Crippen LogP contribution in [0.4, 0.5) is 0 Å². The average molecular weight is 332 g/mol. The minimum atomic E-state index is -0.0559. The Morgan fingerprint density at radius 2 is 2.31 bits per heavy atom. The molecule has 1 unspecified atom stereocenters. The van der Waals surface area contributed by atoms with Crippen LogP contribution < -0.4 is 5.73 Å². The summed E-state index contributed by atoms with van der Waals surface area (Å²) in [5.41, 5.74) is 6.27. The van der Waals surface area contributed by atoms with Crippen molar-refractivity contribution in [2.45, 2.75) is 12.5 Å². The number of phenolic OH excluding ortho intramolecular Hbond substituents is 1. The van der Waals surface area contributed by atoms with Gasteiger partial charge in [0.25, 0.3) is 5.91 Å². The van der Waals surface area contributed by atoms with Gasteiger partial charge in [-0.15, -0.1) is 0 Å². The second kappa shape index (κ2) is 4.58. The first-order chi connectivity index (χ1) is 7.58. The number of phenols is 1. The molecule has 0 aromatic heterocycles. The highest BCUT2D eigenvalue weighted by molar-refractivity contribution is 14.1. The van der Waals surface area contributed by atoms with E-state index in [1.807, 2.05) is 22.6 Å². The Hall–Kier alpha value is -0.820. The summed E-state index contributed by atoms with van der Waals surface area (Å²) in [4.78, 5) is 13.7. The van der Waals surface area contributed by atoms with Gasteiger partial charge in [0, 0.05) is 24.7 Å². The molecule has 3 N–H and O–H groups in total. The van der Waals surface area contributed by atoms with E-state index in [1.54, 1.807) is 17.0 Å². The van der Waals surface area contributed by atoms with Crippen LogP contribution in [0, 0.1) is 3.57 Å². The molecule has 4 nitrogen and oxygen atoms in total. The number of benzene rings is 1. The van der Waals surface area contributed by atoms with Crippen molar-refractivity contribution in [3.8, 4) is 5.75 Å². The summed E-state index contributed by atoms with van der Waals surface area (Å²) in [6.45, 7) is 1.30. The fourth-order valence-corrected chi connectivity index (χ4v) is 2.14. The van der Waals surface area contributed by atoms with Crippen molar-refractivity contribution in [2.75, 3.05) is 13.1 Å². The zero-order valence-electron chi connectivity index (χ0n) is 8.69. The maximum Gasteiger partial charge on any atom is 0.254 e. The van der Waals surface area contributed by atoms with Gasteiger partial charge in [-0.1, -0.05) is 0 Å². The Balaban J connectivity index is 2.18. The van der Waals surface area contributed by atoms with Crippen molar-refractivity contribution < 1.29 is 9.90 Å². The first-order valence-electron chi connectivity index (χ1n) is 5.11. The number of hydrogen-bond acceptors (Lipinski definition) is 3. The van der Waals surface area contributed by atoms with Crippen molar-refractivity contribution in [2.24, 2.45) is 5.73 Å². The lowest BCUT2D eigenvalue weighted by molar-refractivity contribution is 0.0790. The van der Waals surface area contributed by atoms with Crippen molar-refractivity contribution >= 4 is 28.5 Å². The molecular formula is C11H13IN2O2. The predicted molar refractivity (Wildman–Crippen MR) is 69.3 cm³/mol. The molecule has 16 heavy (non-hydrogen) atoms. The Labute approximate surface area is 108 Å². The molecule has 1 aliphatic rings. The Morgan fingerprint density at radius 3 is 2.88 bits per heavy atom. The molecule has 0 saturated carbocycles. The SMILES string of the molecule is NC1CCN(C(=O)c2ccc(I)c(O)c2)C1. The van der Waals surface area contributed by atoms with E-state index in [1.165, 1.54) is 6.07 Å². The van der Waals surface area contributed by atoms with E-state index >= 15 is 0 Å². The number of nitrogens with zero attached hydrogens (tertiary/aromatic N) is 1. The number of nitrogens with two attached hydrogens (primary N) is 1. The molecule has 1 aromatic rings. The molecule has 86 valence electrons. The summed E-state index contributed by atoms with van der Waals surface area (Å²) in [6, 6.07) is 5.06. The van der Waals surface area contributed by atoms with Gasteiger partial charge in [-0.05, 0) is 47.2 Å². The van der Waals surface area contributed by atoms with Crippen molar-refractivity contribution in [1.82, 2.24) is 4.90 Å². The van der Waals surface area contributed by atoms with Gasteiger partial charge in [0.05, 0.1) is 3.57 Å². The largest absolute Gasteiger partial charge is 0.507 e. The molecule has 1 heterocycles. The van der Waals surface area contributed by atoms with Gasteiger partial charge < -0.3 is 15.7 Å². The van der Waals surface area contributed by atoms with Crippen LogP contribution in [0.2, 0.25) is 0 Å². The van der Waals surface area contributed by atoms with Gasteiger partial charge in [-0.3, -0.25) is 4.79 Å². The summed E-state index contributed by atoms with van der Waals surface area (Å²) in [5.74, 6) is 0.0922. The fourth-order valence-electron chi connectivity index (χ4n) is 1.80. The quantitative estimate of drug-likeness (QED) is 0.759. The lowest BCUT2D eigenvalue weighted by atomic mass is 10.2. The third kappa shape index (κ3) is 2.30. The van der Waals surface area contributed by atoms with Crippen LogP contribution in [-0.2, 0) is 0 Å². The lowest BCUT2D eigenvalue weighted by Gasteiger charge is -2.15. The Kier molecular flexibility index (Phi) is 3.34. The third-order valence-electron chi connectivity index (χ3n) is 2.71. The zero-order valence-corrected chi connectivity index (χ0v) is 10.8. The van der Waals surface area contributed by atoms with E-state index in [0.717, 1.165) is 9.99 Å². The predicted octanol–water partition coefficient (Wildman–Crippen LogP) is 1.17. The summed E-state index contributed by atoms with van der Waals surface area (Å²) >= 11 is 2.02. The van der Waals surface area contributed by atoms with E-state index < -0.39 is 0 Å². The van der Waals surface area contributed by atoms with E-state index in [-0.39, 0.29) is 17.7 Å². The topological polar surface area (TPSA) is 66.6 Å². The van der Waals surface area contributed by atoms with Crippen LogP contribution in [0.3, 0.4) is 0 Å². The molecule has 1 aliphatic heterocycles. The molecule has 0 radical (unpaired) electrons. The van der Waals surface area contributed by atoms with Crippen LogP contribution in [0.15, 0.2) is 18.2 Å². The van der Waals surface area contributed by atoms with Crippen LogP contribution in [0.1, 0.15) is 16.8 Å². The fraction of sp³-hybridized carbons (Fsp3) is 0.364. The minimum Gasteiger partial charge on any atom is -0.507 e. The Morgan fingerprint density at radius 1 is 1.56 bits per heavy atom.